The van der Waals surface area contributed by atoms with Crippen molar-refractivity contribution in [3.8, 4) is 0 Å². The van der Waals surface area contributed by atoms with Crippen molar-refractivity contribution in [1.29, 1.82) is 0 Å². The summed E-state index contributed by atoms with van der Waals surface area (Å²) < 4.78 is 10.9. The van der Waals surface area contributed by atoms with Gasteiger partial charge in [0.2, 0.25) is 5.28 Å². The summed E-state index contributed by atoms with van der Waals surface area (Å²) in [4.78, 5) is 14.9. The molecule has 0 spiro atoms. The molecule has 0 aliphatic heterocycles. The van der Waals surface area contributed by atoms with Gasteiger partial charge in [-0.05, 0) is 11.6 Å². The van der Waals surface area contributed by atoms with Gasteiger partial charge in [0.15, 0.2) is 11.5 Å². The first-order valence-corrected chi connectivity index (χ1v) is 6.68. The summed E-state index contributed by atoms with van der Waals surface area (Å²) in [5.74, 6) is 1.13. The summed E-state index contributed by atoms with van der Waals surface area (Å²) >= 11 is 5.75. The van der Waals surface area contributed by atoms with E-state index in [1.54, 1.807) is 6.26 Å². The number of imidazole rings is 1. The van der Waals surface area contributed by atoms with Crippen molar-refractivity contribution in [3.05, 3.63) is 11.6 Å². The molecule has 0 aromatic carbocycles. The van der Waals surface area contributed by atoms with Gasteiger partial charge in [0.1, 0.15) is 5.52 Å². The van der Waals surface area contributed by atoms with E-state index < -0.39 is 10.8 Å². The number of hydrogen-bond donors (Lipinski definition) is 2. The maximum absolute atomic E-state index is 10.9. The van der Waals surface area contributed by atoms with Crippen molar-refractivity contribution < 1.29 is 4.21 Å². The van der Waals surface area contributed by atoms with E-state index in [2.05, 4.69) is 25.3 Å². The van der Waals surface area contributed by atoms with Crippen LogP contribution in [0.25, 0.3) is 11.2 Å². The maximum Gasteiger partial charge on any atom is 0.226 e. The minimum absolute atomic E-state index is 0.139. The summed E-state index contributed by atoms with van der Waals surface area (Å²) in [5.41, 5.74) is 1.21. The van der Waals surface area contributed by atoms with Crippen LogP contribution >= 0.6 is 11.6 Å². The first-order chi connectivity index (χ1) is 7.66. The third kappa shape index (κ3) is 2.48. The first kappa shape index (κ1) is 11.3. The number of hydrogen-bond acceptors (Lipinski definition) is 5. The van der Waals surface area contributed by atoms with Crippen LogP contribution in [0.2, 0.25) is 5.28 Å². The molecule has 0 amide bonds. The molecule has 2 rings (SSSR count). The summed E-state index contributed by atoms with van der Waals surface area (Å²) in [6.07, 6.45) is 3.18. The van der Waals surface area contributed by atoms with Gasteiger partial charge in [-0.15, -0.1) is 0 Å². The number of H-pyrrole nitrogens is 1. The highest BCUT2D eigenvalue weighted by Gasteiger charge is 2.08. The monoisotopic (exact) mass is 259 g/mol. The van der Waals surface area contributed by atoms with Crippen molar-refractivity contribution in [1.82, 2.24) is 19.9 Å². The zero-order valence-corrected chi connectivity index (χ0v) is 10.1. The molecule has 0 bridgehead atoms. The van der Waals surface area contributed by atoms with Crippen LogP contribution in [0.4, 0.5) is 5.82 Å². The molecule has 0 radical (unpaired) electrons. The smallest absolute Gasteiger partial charge is 0.226 e. The minimum atomic E-state index is -0.833. The van der Waals surface area contributed by atoms with E-state index in [1.165, 1.54) is 6.33 Å². The number of anilines is 1. The average molecular weight is 260 g/mol. The fraction of sp³-hybridized carbons (Fsp3) is 0.375. The maximum atomic E-state index is 10.9. The van der Waals surface area contributed by atoms with Crippen LogP contribution in [0.1, 0.15) is 0 Å². The molecule has 2 aromatic rings. The Morgan fingerprint density at radius 3 is 3.12 bits per heavy atom. The Bertz CT molecular complexity index is 528. The average Bonchev–Trinajstić information content (AvgIpc) is 2.64. The molecule has 0 aliphatic rings. The van der Waals surface area contributed by atoms with Gasteiger partial charge in [0.05, 0.1) is 6.33 Å². The Kier molecular flexibility index (Phi) is 3.35. The van der Waals surface area contributed by atoms with Gasteiger partial charge in [0, 0.05) is 29.4 Å². The topological polar surface area (TPSA) is 83.6 Å². The normalized spacial score (nSPS) is 12.9. The summed E-state index contributed by atoms with van der Waals surface area (Å²) in [6.45, 7) is 0.560. The second-order valence-electron chi connectivity index (χ2n) is 3.15. The SMILES string of the molecule is CS(=O)CCNc1nc(Cl)nc2nc[nH]c12. The van der Waals surface area contributed by atoms with Gasteiger partial charge in [-0.3, -0.25) is 4.21 Å². The molecular weight excluding hydrogens is 250 g/mol. The predicted molar refractivity (Wildman–Crippen MR) is 64.1 cm³/mol. The van der Waals surface area contributed by atoms with Gasteiger partial charge < -0.3 is 10.3 Å². The highest BCUT2D eigenvalue weighted by Crippen LogP contribution is 2.17. The van der Waals surface area contributed by atoms with E-state index in [0.717, 1.165) is 0 Å². The highest BCUT2D eigenvalue weighted by atomic mass is 35.5. The van der Waals surface area contributed by atoms with Gasteiger partial charge in [-0.1, -0.05) is 0 Å². The van der Waals surface area contributed by atoms with Crippen molar-refractivity contribution in [2.75, 3.05) is 23.9 Å². The van der Waals surface area contributed by atoms with Crippen molar-refractivity contribution >= 4 is 39.4 Å². The Morgan fingerprint density at radius 1 is 1.56 bits per heavy atom. The van der Waals surface area contributed by atoms with Crippen molar-refractivity contribution in [3.63, 3.8) is 0 Å². The lowest BCUT2D eigenvalue weighted by Gasteiger charge is -2.04. The summed E-state index contributed by atoms with van der Waals surface area (Å²) in [5, 5.41) is 3.18. The standard InChI is InChI=1S/C8H10ClN5OS/c1-16(15)3-2-10-6-5-7(12-4-11-5)14-8(9)13-6/h4H,2-3H2,1H3,(H2,10,11,12,13,14). The van der Waals surface area contributed by atoms with Gasteiger partial charge >= 0.3 is 0 Å². The molecule has 6 nitrogen and oxygen atoms in total. The van der Waals surface area contributed by atoms with Crippen LogP contribution in [0.3, 0.4) is 0 Å². The molecule has 0 saturated heterocycles. The zero-order valence-electron chi connectivity index (χ0n) is 8.53. The number of aromatic amines is 1. The van der Waals surface area contributed by atoms with Gasteiger partial charge in [0.25, 0.3) is 0 Å². The Balaban J connectivity index is 2.22. The molecule has 2 aromatic heterocycles. The third-order valence-electron chi connectivity index (χ3n) is 1.94. The van der Waals surface area contributed by atoms with Gasteiger partial charge in [-0.2, -0.15) is 9.97 Å². The number of rotatable bonds is 4. The minimum Gasteiger partial charge on any atom is -0.367 e. The predicted octanol–water partition coefficient (Wildman–Crippen LogP) is 0.797. The van der Waals surface area contributed by atoms with Gasteiger partial charge in [-0.25, -0.2) is 4.98 Å². The van der Waals surface area contributed by atoms with E-state index in [0.29, 0.717) is 29.3 Å². The fourth-order valence-corrected chi connectivity index (χ4v) is 1.80. The molecule has 0 saturated carbocycles. The molecule has 0 fully saturated rings. The number of nitrogens with one attached hydrogen (secondary N) is 2. The third-order valence-corrected chi connectivity index (χ3v) is 2.89. The largest absolute Gasteiger partial charge is 0.367 e. The van der Waals surface area contributed by atoms with Crippen molar-refractivity contribution in [2.45, 2.75) is 0 Å². The highest BCUT2D eigenvalue weighted by molar-refractivity contribution is 7.84. The summed E-state index contributed by atoms with van der Waals surface area (Å²) in [6, 6.07) is 0. The summed E-state index contributed by atoms with van der Waals surface area (Å²) in [7, 11) is -0.833. The molecule has 8 heteroatoms. The van der Waals surface area contributed by atoms with E-state index in [-0.39, 0.29) is 5.28 Å². The quantitative estimate of drug-likeness (QED) is 0.794. The number of halogens is 1. The Morgan fingerprint density at radius 2 is 2.38 bits per heavy atom. The molecule has 1 unspecified atom stereocenters. The van der Waals surface area contributed by atoms with Crippen LogP contribution in [-0.2, 0) is 10.8 Å². The molecule has 0 aliphatic carbocycles. The van der Waals surface area contributed by atoms with Crippen molar-refractivity contribution in [2.24, 2.45) is 0 Å². The zero-order chi connectivity index (χ0) is 11.5. The van der Waals surface area contributed by atoms with E-state index in [9.17, 15) is 4.21 Å². The number of fused-ring (bicyclic) bond motifs is 1. The molecule has 16 heavy (non-hydrogen) atoms. The van der Waals surface area contributed by atoms with Crippen LogP contribution in [-0.4, -0.2) is 42.7 Å². The fourth-order valence-electron chi connectivity index (χ4n) is 1.25. The molecule has 86 valence electrons. The van der Waals surface area contributed by atoms with Crippen LogP contribution in [0, 0.1) is 0 Å². The van der Waals surface area contributed by atoms with E-state index >= 15 is 0 Å². The molecule has 1 atom stereocenters. The first-order valence-electron chi connectivity index (χ1n) is 4.57. The second-order valence-corrected chi connectivity index (χ2v) is 5.04. The van der Waals surface area contributed by atoms with E-state index in [1.807, 2.05) is 0 Å². The molecule has 2 heterocycles. The number of nitrogens with zero attached hydrogens (tertiary/aromatic N) is 3. The van der Waals surface area contributed by atoms with Crippen LogP contribution in [0.5, 0.6) is 0 Å². The Labute approximate surface area is 99.3 Å². The Hall–Kier alpha value is -1.21. The lowest BCUT2D eigenvalue weighted by Crippen LogP contribution is -2.11. The lowest BCUT2D eigenvalue weighted by atomic mass is 10.5. The lowest BCUT2D eigenvalue weighted by molar-refractivity contribution is 0.687. The molecular formula is C8H10ClN5OS. The second kappa shape index (κ2) is 4.75. The van der Waals surface area contributed by atoms with E-state index in [4.69, 9.17) is 11.6 Å². The van der Waals surface area contributed by atoms with Crippen LogP contribution in [0.15, 0.2) is 6.33 Å². The number of aromatic nitrogens is 4. The molecule has 2 N–H and O–H groups in total. The van der Waals surface area contributed by atoms with Crippen LogP contribution < -0.4 is 5.32 Å².